The van der Waals surface area contributed by atoms with Gasteiger partial charge in [-0.2, -0.15) is 26.3 Å². The quantitative estimate of drug-likeness (QED) is 0.861. The van der Waals surface area contributed by atoms with Crippen molar-refractivity contribution in [1.82, 2.24) is 15.2 Å². The molecule has 2 aromatic rings. The predicted octanol–water partition coefficient (Wildman–Crippen LogP) is 3.63. The second kappa shape index (κ2) is 4.69. The number of pyridine rings is 1. The van der Waals surface area contributed by atoms with E-state index in [1.165, 1.54) is 0 Å². The van der Waals surface area contributed by atoms with Crippen molar-refractivity contribution < 1.29 is 31.1 Å². The molecule has 0 saturated carbocycles. The van der Waals surface area contributed by atoms with Crippen molar-refractivity contribution in [3.63, 3.8) is 0 Å². The summed E-state index contributed by atoms with van der Waals surface area (Å²) in [6.07, 6.45) is -8.67. The first kappa shape index (κ1) is 14.2. The molecule has 0 aliphatic heterocycles. The molecule has 0 atom stereocenters. The molecule has 0 aromatic carbocycles. The van der Waals surface area contributed by atoms with Gasteiger partial charge in [-0.3, -0.25) is 5.10 Å². The minimum absolute atomic E-state index is 0.307. The summed E-state index contributed by atoms with van der Waals surface area (Å²) in [5.41, 5.74) is -2.14. The van der Waals surface area contributed by atoms with E-state index in [2.05, 4.69) is 10.1 Å². The van der Waals surface area contributed by atoms with Crippen LogP contribution >= 0.6 is 0 Å². The predicted molar refractivity (Wildman–Crippen MR) is 52.9 cm³/mol. The van der Waals surface area contributed by atoms with Gasteiger partial charge in [0.05, 0.1) is 5.56 Å². The topological polar surface area (TPSA) is 50.8 Å². The second-order valence-corrected chi connectivity index (χ2v) is 3.60. The van der Waals surface area contributed by atoms with E-state index < -0.39 is 29.5 Å². The number of nitrogens with zero attached hydrogens (tertiary/aromatic N) is 2. The monoisotopic (exact) mass is 297 g/mol. The Morgan fingerprint density at radius 3 is 2.10 bits per heavy atom. The highest BCUT2D eigenvalue weighted by molar-refractivity contribution is 5.25. The molecule has 10 heteroatoms. The zero-order chi connectivity index (χ0) is 15.0. The van der Waals surface area contributed by atoms with E-state index in [0.29, 0.717) is 18.3 Å². The summed E-state index contributed by atoms with van der Waals surface area (Å²) < 4.78 is 78.3. The van der Waals surface area contributed by atoms with Crippen molar-refractivity contribution in [1.29, 1.82) is 0 Å². The summed E-state index contributed by atoms with van der Waals surface area (Å²) in [4.78, 5) is 3.33. The number of hydrogen-bond donors (Lipinski definition) is 1. The first-order valence-electron chi connectivity index (χ1n) is 5.00. The van der Waals surface area contributed by atoms with Gasteiger partial charge in [0.15, 0.2) is 0 Å². The first-order valence-corrected chi connectivity index (χ1v) is 5.00. The number of H-pyrrole nitrogens is 1. The number of aromatic nitrogens is 3. The minimum atomic E-state index is -4.62. The van der Waals surface area contributed by atoms with Crippen molar-refractivity contribution in [2.24, 2.45) is 0 Å². The van der Waals surface area contributed by atoms with Gasteiger partial charge in [0.2, 0.25) is 11.8 Å². The summed E-state index contributed by atoms with van der Waals surface area (Å²) in [5, 5.41) is 4.91. The van der Waals surface area contributed by atoms with Gasteiger partial charge in [0.1, 0.15) is 5.69 Å². The van der Waals surface area contributed by atoms with Crippen molar-refractivity contribution >= 4 is 0 Å². The van der Waals surface area contributed by atoms with Gasteiger partial charge >= 0.3 is 12.4 Å². The van der Waals surface area contributed by atoms with Gasteiger partial charge in [-0.1, -0.05) is 0 Å². The normalized spacial score (nSPS) is 12.5. The standard InChI is InChI=1S/C10H5F6N3O/c11-9(12,13)5-1-2-7(17-4-5)20-8-3-6(18-19-8)10(14,15)16/h1-4H,(H,18,19). The van der Waals surface area contributed by atoms with Gasteiger partial charge in [0, 0.05) is 18.3 Å². The van der Waals surface area contributed by atoms with Crippen LogP contribution < -0.4 is 4.74 Å². The van der Waals surface area contributed by atoms with Gasteiger partial charge in [-0.25, -0.2) is 4.98 Å². The van der Waals surface area contributed by atoms with E-state index in [9.17, 15) is 26.3 Å². The first-order chi connectivity index (χ1) is 9.16. The van der Waals surface area contributed by atoms with E-state index in [-0.39, 0.29) is 5.88 Å². The molecule has 2 aromatic heterocycles. The molecular formula is C10H5F6N3O. The molecule has 0 radical (unpaired) electrons. The summed E-state index contributed by atoms with van der Waals surface area (Å²) >= 11 is 0. The van der Waals surface area contributed by atoms with Crippen molar-refractivity contribution in [3.8, 4) is 11.8 Å². The molecule has 0 amide bonds. The number of ether oxygens (including phenoxy) is 1. The number of alkyl halides is 6. The summed E-state index contributed by atoms with van der Waals surface area (Å²) in [7, 11) is 0. The maximum absolute atomic E-state index is 12.3. The van der Waals surface area contributed by atoms with Crippen LogP contribution in [0.4, 0.5) is 26.3 Å². The molecular weight excluding hydrogens is 292 g/mol. The Bertz CT molecular complexity index is 586. The highest BCUT2D eigenvalue weighted by Gasteiger charge is 2.33. The van der Waals surface area contributed by atoms with Crippen LogP contribution in [0.1, 0.15) is 11.3 Å². The highest BCUT2D eigenvalue weighted by atomic mass is 19.4. The number of hydrogen-bond acceptors (Lipinski definition) is 3. The molecule has 2 rings (SSSR count). The lowest BCUT2D eigenvalue weighted by molar-refractivity contribution is -0.141. The van der Waals surface area contributed by atoms with Crippen molar-refractivity contribution in [2.45, 2.75) is 12.4 Å². The molecule has 0 fully saturated rings. The molecule has 0 aliphatic carbocycles. The molecule has 1 N–H and O–H groups in total. The van der Waals surface area contributed by atoms with Crippen LogP contribution in [-0.4, -0.2) is 15.2 Å². The molecule has 2 heterocycles. The third-order valence-corrected chi connectivity index (χ3v) is 2.13. The van der Waals surface area contributed by atoms with E-state index in [4.69, 9.17) is 4.74 Å². The van der Waals surface area contributed by atoms with E-state index in [0.717, 1.165) is 6.07 Å². The van der Waals surface area contributed by atoms with Crippen LogP contribution in [-0.2, 0) is 12.4 Å². The van der Waals surface area contributed by atoms with Crippen LogP contribution in [0.25, 0.3) is 0 Å². The largest absolute Gasteiger partial charge is 0.432 e. The number of rotatable bonds is 2. The number of aromatic amines is 1. The summed E-state index contributed by atoms with van der Waals surface area (Å²) in [6, 6.07) is 2.14. The Morgan fingerprint density at radius 2 is 1.65 bits per heavy atom. The van der Waals surface area contributed by atoms with Gasteiger partial charge < -0.3 is 4.74 Å². The minimum Gasteiger partial charge on any atom is -0.419 e. The number of nitrogens with one attached hydrogen (secondary N) is 1. The Hall–Kier alpha value is -2.26. The highest BCUT2D eigenvalue weighted by Crippen LogP contribution is 2.32. The zero-order valence-corrected chi connectivity index (χ0v) is 9.38. The van der Waals surface area contributed by atoms with Crippen LogP contribution in [0.2, 0.25) is 0 Å². The Labute approximate surface area is 107 Å². The average Bonchev–Trinajstić information content (AvgIpc) is 2.77. The Balaban J connectivity index is 2.13. The smallest absolute Gasteiger partial charge is 0.419 e. The van der Waals surface area contributed by atoms with Gasteiger partial charge in [-0.05, 0) is 6.07 Å². The fourth-order valence-corrected chi connectivity index (χ4v) is 1.22. The lowest BCUT2D eigenvalue weighted by Gasteiger charge is -2.06. The Morgan fingerprint density at radius 1 is 0.950 bits per heavy atom. The number of halogens is 6. The summed E-state index contributed by atoms with van der Waals surface area (Å²) in [5.74, 6) is -0.761. The van der Waals surface area contributed by atoms with Crippen LogP contribution in [0, 0.1) is 0 Å². The maximum atomic E-state index is 12.3. The molecule has 108 valence electrons. The SMILES string of the molecule is FC(F)(F)c1ccc(Oc2cc(C(F)(F)F)[nH]n2)nc1. The average molecular weight is 297 g/mol. The van der Waals surface area contributed by atoms with Gasteiger partial charge in [0.25, 0.3) is 0 Å². The molecule has 20 heavy (non-hydrogen) atoms. The third-order valence-electron chi connectivity index (χ3n) is 2.13. The fraction of sp³-hybridized carbons (Fsp3) is 0.200. The van der Waals surface area contributed by atoms with Crippen molar-refractivity contribution in [2.75, 3.05) is 0 Å². The summed E-state index contributed by atoms with van der Waals surface area (Å²) in [6.45, 7) is 0. The lowest BCUT2D eigenvalue weighted by Crippen LogP contribution is -2.05. The lowest BCUT2D eigenvalue weighted by atomic mass is 10.3. The van der Waals surface area contributed by atoms with Crippen LogP contribution in [0.3, 0.4) is 0 Å². The Kier molecular flexibility index (Phi) is 3.32. The van der Waals surface area contributed by atoms with Crippen LogP contribution in [0.15, 0.2) is 24.4 Å². The van der Waals surface area contributed by atoms with Crippen molar-refractivity contribution in [3.05, 3.63) is 35.7 Å². The molecule has 0 bridgehead atoms. The van der Waals surface area contributed by atoms with E-state index in [1.807, 2.05) is 0 Å². The van der Waals surface area contributed by atoms with E-state index in [1.54, 1.807) is 5.10 Å². The van der Waals surface area contributed by atoms with E-state index >= 15 is 0 Å². The third kappa shape index (κ3) is 3.19. The van der Waals surface area contributed by atoms with Gasteiger partial charge in [-0.15, -0.1) is 5.10 Å². The maximum Gasteiger partial charge on any atom is 0.432 e. The molecule has 0 spiro atoms. The molecule has 4 nitrogen and oxygen atoms in total. The molecule has 0 saturated heterocycles. The zero-order valence-electron chi connectivity index (χ0n) is 9.38. The second-order valence-electron chi connectivity index (χ2n) is 3.60. The molecule has 0 unspecified atom stereocenters. The molecule has 0 aliphatic rings. The fourth-order valence-electron chi connectivity index (χ4n) is 1.22. The van der Waals surface area contributed by atoms with Crippen LogP contribution in [0.5, 0.6) is 11.8 Å².